The highest BCUT2D eigenvalue weighted by Crippen LogP contribution is 2.31. The van der Waals surface area contributed by atoms with Crippen LogP contribution >= 0.6 is 11.3 Å². The highest BCUT2D eigenvalue weighted by atomic mass is 32.1. The fourth-order valence-electron chi connectivity index (χ4n) is 3.46. The summed E-state index contributed by atoms with van der Waals surface area (Å²) in [7, 11) is 0. The summed E-state index contributed by atoms with van der Waals surface area (Å²) in [6, 6.07) is 0. The number of rotatable bonds is 2. The third kappa shape index (κ3) is 3.03. The number of piperidine rings is 1. The number of amides is 1. The predicted molar refractivity (Wildman–Crippen MR) is 79.8 cm³/mol. The minimum absolute atomic E-state index is 0.290. The number of carbonyl (C=O) groups is 1. The highest BCUT2D eigenvalue weighted by molar-refractivity contribution is 7.11. The van der Waals surface area contributed by atoms with Gasteiger partial charge in [-0.1, -0.05) is 19.3 Å². The minimum atomic E-state index is 0.290. The van der Waals surface area contributed by atoms with Crippen molar-refractivity contribution in [1.82, 2.24) is 15.1 Å². The first-order valence-corrected chi connectivity index (χ1v) is 8.64. The van der Waals surface area contributed by atoms with E-state index in [1.54, 1.807) is 11.3 Å². The van der Waals surface area contributed by atoms with Gasteiger partial charge in [-0.05, 0) is 32.6 Å². The van der Waals surface area contributed by atoms with Crippen LogP contribution in [0.2, 0.25) is 0 Å². The van der Waals surface area contributed by atoms with Gasteiger partial charge in [-0.3, -0.25) is 4.79 Å². The van der Waals surface area contributed by atoms with Gasteiger partial charge in [0.2, 0.25) is 5.91 Å². The summed E-state index contributed by atoms with van der Waals surface area (Å²) in [5.74, 6) is 1.09. The van der Waals surface area contributed by atoms with Gasteiger partial charge in [-0.15, -0.1) is 21.5 Å². The van der Waals surface area contributed by atoms with Crippen molar-refractivity contribution in [2.75, 3.05) is 13.1 Å². The number of aryl methyl sites for hydroxylation is 1. The number of hydrogen-bond acceptors (Lipinski definition) is 4. The van der Waals surface area contributed by atoms with E-state index in [1.807, 2.05) is 6.92 Å². The molecule has 4 nitrogen and oxygen atoms in total. The Morgan fingerprint density at radius 1 is 1.15 bits per heavy atom. The van der Waals surface area contributed by atoms with Gasteiger partial charge in [-0.25, -0.2) is 0 Å². The van der Waals surface area contributed by atoms with Crippen molar-refractivity contribution in [3.63, 3.8) is 0 Å². The Bertz CT molecular complexity index is 467. The topological polar surface area (TPSA) is 46.1 Å². The lowest BCUT2D eigenvalue weighted by atomic mass is 9.87. The lowest BCUT2D eigenvalue weighted by molar-refractivity contribution is -0.137. The van der Waals surface area contributed by atoms with Gasteiger partial charge < -0.3 is 4.90 Å². The average Bonchev–Trinajstić information content (AvgIpc) is 2.94. The van der Waals surface area contributed by atoms with E-state index in [0.717, 1.165) is 48.8 Å². The zero-order chi connectivity index (χ0) is 13.9. The molecule has 1 amide bonds. The minimum Gasteiger partial charge on any atom is -0.342 e. The molecule has 1 atom stereocenters. The fourth-order valence-corrected chi connectivity index (χ4v) is 4.29. The molecule has 5 heteroatoms. The summed E-state index contributed by atoms with van der Waals surface area (Å²) in [4.78, 5) is 14.7. The molecular weight excluding hydrogens is 270 g/mol. The first-order chi connectivity index (χ1) is 9.74. The highest BCUT2D eigenvalue weighted by Gasteiger charge is 2.31. The molecule has 0 bridgehead atoms. The van der Waals surface area contributed by atoms with Gasteiger partial charge in [0.05, 0.1) is 0 Å². The van der Waals surface area contributed by atoms with E-state index in [4.69, 9.17) is 0 Å². The monoisotopic (exact) mass is 293 g/mol. The van der Waals surface area contributed by atoms with Gasteiger partial charge >= 0.3 is 0 Å². The molecule has 2 aliphatic rings. The van der Waals surface area contributed by atoms with Gasteiger partial charge in [0, 0.05) is 24.9 Å². The zero-order valence-electron chi connectivity index (χ0n) is 12.2. The molecule has 1 saturated carbocycles. The molecule has 2 fully saturated rings. The Labute approximate surface area is 124 Å². The van der Waals surface area contributed by atoms with E-state index in [1.165, 1.54) is 19.3 Å². The molecule has 1 aliphatic heterocycles. The molecule has 3 rings (SSSR count). The van der Waals surface area contributed by atoms with Crippen LogP contribution in [0.15, 0.2) is 0 Å². The second-order valence-electron chi connectivity index (χ2n) is 6.12. The Morgan fingerprint density at radius 3 is 2.65 bits per heavy atom. The van der Waals surface area contributed by atoms with Crippen LogP contribution < -0.4 is 0 Å². The summed E-state index contributed by atoms with van der Waals surface area (Å²) in [6.07, 6.45) is 8.18. The van der Waals surface area contributed by atoms with Crippen molar-refractivity contribution in [3.05, 3.63) is 10.0 Å². The van der Waals surface area contributed by atoms with Crippen LogP contribution in [0.25, 0.3) is 0 Å². The Kier molecular flexibility index (Phi) is 4.34. The van der Waals surface area contributed by atoms with E-state index in [-0.39, 0.29) is 0 Å². The molecule has 1 aromatic rings. The van der Waals surface area contributed by atoms with E-state index in [0.29, 0.717) is 17.7 Å². The van der Waals surface area contributed by atoms with Crippen LogP contribution in [0.1, 0.15) is 60.9 Å². The number of nitrogens with zero attached hydrogens (tertiary/aromatic N) is 3. The van der Waals surface area contributed by atoms with E-state index < -0.39 is 0 Å². The third-order valence-corrected chi connectivity index (χ3v) is 5.58. The fraction of sp³-hybridized carbons (Fsp3) is 0.800. The molecule has 0 radical (unpaired) electrons. The first kappa shape index (κ1) is 14.0. The van der Waals surface area contributed by atoms with Crippen molar-refractivity contribution in [3.8, 4) is 0 Å². The molecule has 2 heterocycles. The summed E-state index contributed by atoms with van der Waals surface area (Å²) in [5, 5.41) is 10.5. The molecular formula is C15H23N3OS. The first-order valence-electron chi connectivity index (χ1n) is 7.83. The predicted octanol–water partition coefficient (Wildman–Crippen LogP) is 3.13. The lowest BCUT2D eigenvalue weighted by Gasteiger charge is -2.35. The normalized spacial score (nSPS) is 24.9. The largest absolute Gasteiger partial charge is 0.342 e. The van der Waals surface area contributed by atoms with Crippen molar-refractivity contribution in [1.29, 1.82) is 0 Å². The van der Waals surface area contributed by atoms with Gasteiger partial charge in [0.15, 0.2) is 0 Å². The number of hydrogen-bond donors (Lipinski definition) is 0. The number of likely N-dealkylation sites (tertiary alicyclic amines) is 1. The van der Waals surface area contributed by atoms with E-state index in [9.17, 15) is 4.79 Å². The van der Waals surface area contributed by atoms with Gasteiger partial charge in [0.1, 0.15) is 10.0 Å². The summed E-state index contributed by atoms with van der Waals surface area (Å²) in [6.45, 7) is 3.78. The van der Waals surface area contributed by atoms with Gasteiger partial charge in [0.25, 0.3) is 0 Å². The molecule has 0 aromatic carbocycles. The molecule has 20 heavy (non-hydrogen) atoms. The van der Waals surface area contributed by atoms with Crippen LogP contribution in [0.3, 0.4) is 0 Å². The second kappa shape index (κ2) is 6.20. The Balaban J connectivity index is 1.63. The maximum Gasteiger partial charge on any atom is 0.225 e. The van der Waals surface area contributed by atoms with Crippen molar-refractivity contribution in [2.45, 2.75) is 57.8 Å². The molecule has 110 valence electrons. The van der Waals surface area contributed by atoms with Gasteiger partial charge in [-0.2, -0.15) is 0 Å². The van der Waals surface area contributed by atoms with Crippen LogP contribution in [0.4, 0.5) is 0 Å². The van der Waals surface area contributed by atoms with E-state index >= 15 is 0 Å². The maximum absolute atomic E-state index is 12.6. The Morgan fingerprint density at radius 2 is 1.95 bits per heavy atom. The Hall–Kier alpha value is -0.970. The lowest BCUT2D eigenvalue weighted by Crippen LogP contribution is -2.42. The smallest absolute Gasteiger partial charge is 0.225 e. The number of aromatic nitrogens is 2. The zero-order valence-corrected chi connectivity index (χ0v) is 13.0. The summed E-state index contributed by atoms with van der Waals surface area (Å²) in [5.41, 5.74) is 0. The summed E-state index contributed by atoms with van der Waals surface area (Å²) >= 11 is 1.68. The molecule has 1 saturated heterocycles. The van der Waals surface area contributed by atoms with Crippen LogP contribution in [-0.2, 0) is 4.79 Å². The van der Waals surface area contributed by atoms with Crippen LogP contribution in [-0.4, -0.2) is 34.1 Å². The third-order valence-electron chi connectivity index (χ3n) is 4.58. The quantitative estimate of drug-likeness (QED) is 0.841. The van der Waals surface area contributed by atoms with Crippen molar-refractivity contribution in [2.24, 2.45) is 5.92 Å². The standard InChI is InChI=1S/C15H23N3OS/c1-11-16-17-14(20-11)13-8-5-9-18(10-13)15(19)12-6-3-2-4-7-12/h12-13H,2-10H2,1H3/t13-/m1/s1. The number of carbonyl (C=O) groups excluding carboxylic acids is 1. The average molecular weight is 293 g/mol. The summed E-state index contributed by atoms with van der Waals surface area (Å²) < 4.78 is 0. The van der Waals surface area contributed by atoms with Crippen LogP contribution in [0.5, 0.6) is 0 Å². The van der Waals surface area contributed by atoms with E-state index in [2.05, 4.69) is 15.1 Å². The van der Waals surface area contributed by atoms with Crippen molar-refractivity contribution < 1.29 is 4.79 Å². The maximum atomic E-state index is 12.6. The molecule has 0 unspecified atom stereocenters. The molecule has 1 aromatic heterocycles. The molecule has 1 aliphatic carbocycles. The molecule has 0 N–H and O–H groups in total. The van der Waals surface area contributed by atoms with Crippen LogP contribution in [0, 0.1) is 12.8 Å². The molecule has 0 spiro atoms. The second-order valence-corrected chi connectivity index (χ2v) is 7.33. The SMILES string of the molecule is Cc1nnc([C@@H]2CCCN(C(=O)C3CCCCC3)C2)s1. The van der Waals surface area contributed by atoms with Crippen molar-refractivity contribution >= 4 is 17.2 Å².